The first kappa shape index (κ1) is 15.1. The highest BCUT2D eigenvalue weighted by molar-refractivity contribution is 7.99. The number of carbonyl (C=O) groups is 1. The molecule has 1 unspecified atom stereocenters. The molecule has 0 aromatic carbocycles. The number of aromatic nitrogens is 2. The smallest absolute Gasteiger partial charge is 0.410 e. The van der Waals surface area contributed by atoms with Gasteiger partial charge in [-0.05, 0) is 33.6 Å². The monoisotopic (exact) mass is 295 g/mol. The SMILES string of the molecule is CC(C)(C)OC(=O)N1CCCC1CSc1cnccn1. The van der Waals surface area contributed by atoms with Crippen LogP contribution in [0.25, 0.3) is 0 Å². The molecule has 1 fully saturated rings. The standard InChI is InChI=1S/C14H21N3O2S/c1-14(2,3)19-13(18)17-8-4-5-11(17)10-20-12-9-15-6-7-16-12/h6-7,9,11H,4-5,8,10H2,1-3H3. The van der Waals surface area contributed by atoms with Crippen molar-refractivity contribution >= 4 is 17.9 Å². The molecular weight excluding hydrogens is 274 g/mol. The maximum Gasteiger partial charge on any atom is 0.410 e. The highest BCUT2D eigenvalue weighted by atomic mass is 32.2. The molecule has 20 heavy (non-hydrogen) atoms. The summed E-state index contributed by atoms with van der Waals surface area (Å²) in [4.78, 5) is 22.3. The van der Waals surface area contributed by atoms with Crippen molar-refractivity contribution in [2.75, 3.05) is 12.3 Å². The molecule has 1 amide bonds. The third-order valence-corrected chi connectivity index (χ3v) is 4.03. The normalized spacial score (nSPS) is 19.1. The largest absolute Gasteiger partial charge is 0.444 e. The van der Waals surface area contributed by atoms with Crippen LogP contribution >= 0.6 is 11.8 Å². The molecule has 0 bridgehead atoms. The minimum atomic E-state index is -0.442. The third kappa shape index (κ3) is 4.37. The van der Waals surface area contributed by atoms with Gasteiger partial charge >= 0.3 is 6.09 Å². The number of likely N-dealkylation sites (tertiary alicyclic amines) is 1. The first-order valence-corrected chi connectivity index (χ1v) is 7.83. The van der Waals surface area contributed by atoms with Crippen LogP contribution in [0.4, 0.5) is 4.79 Å². The molecule has 6 heteroatoms. The van der Waals surface area contributed by atoms with Crippen molar-refractivity contribution < 1.29 is 9.53 Å². The Labute approximate surface area is 124 Å². The van der Waals surface area contributed by atoms with Crippen molar-refractivity contribution in [1.82, 2.24) is 14.9 Å². The van der Waals surface area contributed by atoms with Gasteiger partial charge in [-0.1, -0.05) is 0 Å². The molecule has 2 heterocycles. The Morgan fingerprint density at radius 2 is 2.30 bits per heavy atom. The average Bonchev–Trinajstić information content (AvgIpc) is 2.84. The second kappa shape index (κ2) is 6.43. The van der Waals surface area contributed by atoms with Crippen molar-refractivity contribution in [3.05, 3.63) is 18.6 Å². The predicted octanol–water partition coefficient (Wildman–Crippen LogP) is 2.97. The van der Waals surface area contributed by atoms with Gasteiger partial charge in [-0.3, -0.25) is 4.98 Å². The van der Waals surface area contributed by atoms with E-state index in [4.69, 9.17) is 4.74 Å². The first-order valence-electron chi connectivity index (χ1n) is 6.84. The van der Waals surface area contributed by atoms with E-state index in [9.17, 15) is 4.79 Å². The van der Waals surface area contributed by atoms with Crippen molar-refractivity contribution in [3.63, 3.8) is 0 Å². The van der Waals surface area contributed by atoms with Crippen LogP contribution in [-0.2, 0) is 4.74 Å². The van der Waals surface area contributed by atoms with E-state index in [1.54, 1.807) is 30.4 Å². The Hall–Kier alpha value is -1.30. The van der Waals surface area contributed by atoms with Crippen LogP contribution in [0.5, 0.6) is 0 Å². The molecular formula is C14H21N3O2S. The minimum Gasteiger partial charge on any atom is -0.444 e. The van der Waals surface area contributed by atoms with E-state index < -0.39 is 5.60 Å². The van der Waals surface area contributed by atoms with Crippen LogP contribution in [0.2, 0.25) is 0 Å². The van der Waals surface area contributed by atoms with Gasteiger partial charge in [0.05, 0.1) is 6.20 Å². The topological polar surface area (TPSA) is 55.3 Å². The van der Waals surface area contributed by atoms with E-state index >= 15 is 0 Å². The van der Waals surface area contributed by atoms with Gasteiger partial charge in [0.2, 0.25) is 0 Å². The zero-order valence-corrected chi connectivity index (χ0v) is 13.0. The van der Waals surface area contributed by atoms with Gasteiger partial charge in [0.15, 0.2) is 0 Å². The minimum absolute atomic E-state index is 0.209. The molecule has 5 nitrogen and oxygen atoms in total. The Morgan fingerprint density at radius 3 is 2.95 bits per heavy atom. The lowest BCUT2D eigenvalue weighted by atomic mass is 10.2. The molecule has 0 spiro atoms. The molecule has 1 atom stereocenters. The second-order valence-electron chi connectivity index (χ2n) is 5.82. The molecule has 1 aromatic heterocycles. The van der Waals surface area contributed by atoms with E-state index in [-0.39, 0.29) is 12.1 Å². The van der Waals surface area contributed by atoms with E-state index in [0.29, 0.717) is 0 Å². The van der Waals surface area contributed by atoms with E-state index in [2.05, 4.69) is 9.97 Å². The fourth-order valence-corrected chi connectivity index (χ4v) is 3.09. The summed E-state index contributed by atoms with van der Waals surface area (Å²) in [5, 5.41) is 0.892. The van der Waals surface area contributed by atoms with Gasteiger partial charge in [-0.2, -0.15) is 0 Å². The van der Waals surface area contributed by atoms with Crippen LogP contribution in [0.1, 0.15) is 33.6 Å². The number of thioether (sulfide) groups is 1. The molecule has 0 N–H and O–H groups in total. The second-order valence-corrected chi connectivity index (χ2v) is 6.86. The summed E-state index contributed by atoms with van der Waals surface area (Å²) in [7, 11) is 0. The Morgan fingerprint density at radius 1 is 1.50 bits per heavy atom. The van der Waals surface area contributed by atoms with E-state index in [0.717, 1.165) is 30.2 Å². The molecule has 110 valence electrons. The summed E-state index contributed by atoms with van der Waals surface area (Å²) in [6, 6.07) is 0.219. The van der Waals surface area contributed by atoms with E-state index in [1.807, 2.05) is 25.7 Å². The van der Waals surface area contributed by atoms with Gasteiger partial charge in [-0.15, -0.1) is 11.8 Å². The van der Waals surface area contributed by atoms with Crippen LogP contribution in [0.15, 0.2) is 23.6 Å². The number of carbonyl (C=O) groups excluding carboxylic acids is 1. The quantitative estimate of drug-likeness (QED) is 0.802. The molecule has 0 aliphatic carbocycles. The van der Waals surface area contributed by atoms with Crippen LogP contribution in [0.3, 0.4) is 0 Å². The summed E-state index contributed by atoms with van der Waals surface area (Å²) in [6.07, 6.45) is 6.93. The van der Waals surface area contributed by atoms with Crippen LogP contribution in [0, 0.1) is 0 Å². The van der Waals surface area contributed by atoms with Gasteiger partial charge in [0.25, 0.3) is 0 Å². The zero-order chi connectivity index (χ0) is 14.6. The predicted molar refractivity (Wildman–Crippen MR) is 78.7 cm³/mol. The van der Waals surface area contributed by atoms with Crippen LogP contribution < -0.4 is 0 Å². The number of nitrogens with zero attached hydrogens (tertiary/aromatic N) is 3. The summed E-state index contributed by atoms with van der Waals surface area (Å²) >= 11 is 1.63. The van der Waals surface area contributed by atoms with Gasteiger partial charge < -0.3 is 9.64 Å². The summed E-state index contributed by atoms with van der Waals surface area (Å²) in [5.41, 5.74) is -0.442. The van der Waals surface area contributed by atoms with Gasteiger partial charge in [0.1, 0.15) is 10.6 Å². The zero-order valence-electron chi connectivity index (χ0n) is 12.2. The maximum atomic E-state index is 12.1. The molecule has 1 aliphatic heterocycles. The highest BCUT2D eigenvalue weighted by Gasteiger charge is 2.32. The molecule has 1 aromatic rings. The summed E-state index contributed by atoms with van der Waals surface area (Å²) in [6.45, 7) is 6.46. The lowest BCUT2D eigenvalue weighted by Crippen LogP contribution is -2.40. The number of hydrogen-bond donors (Lipinski definition) is 0. The van der Waals surface area contributed by atoms with E-state index in [1.165, 1.54) is 0 Å². The highest BCUT2D eigenvalue weighted by Crippen LogP contribution is 2.25. The number of rotatable bonds is 3. The fourth-order valence-electron chi connectivity index (χ4n) is 2.11. The van der Waals surface area contributed by atoms with Gasteiger partial charge in [0, 0.05) is 30.7 Å². The molecule has 1 aliphatic rings. The lowest BCUT2D eigenvalue weighted by molar-refractivity contribution is 0.0242. The van der Waals surface area contributed by atoms with Crippen molar-refractivity contribution in [1.29, 1.82) is 0 Å². The lowest BCUT2D eigenvalue weighted by Gasteiger charge is -2.28. The molecule has 2 rings (SSSR count). The molecule has 0 radical (unpaired) electrons. The number of amides is 1. The molecule has 1 saturated heterocycles. The Balaban J connectivity index is 1.89. The van der Waals surface area contributed by atoms with Crippen molar-refractivity contribution in [2.45, 2.75) is 50.3 Å². The van der Waals surface area contributed by atoms with Crippen molar-refractivity contribution in [2.24, 2.45) is 0 Å². The fraction of sp³-hybridized carbons (Fsp3) is 0.643. The summed E-state index contributed by atoms with van der Waals surface area (Å²) < 4.78 is 5.45. The first-order chi connectivity index (χ1) is 9.46. The Kier molecular flexibility index (Phi) is 4.86. The molecule has 0 saturated carbocycles. The Bertz CT molecular complexity index is 447. The van der Waals surface area contributed by atoms with Gasteiger partial charge in [-0.25, -0.2) is 9.78 Å². The number of hydrogen-bond acceptors (Lipinski definition) is 5. The summed E-state index contributed by atoms with van der Waals surface area (Å²) in [5.74, 6) is 0.831. The van der Waals surface area contributed by atoms with Crippen molar-refractivity contribution in [3.8, 4) is 0 Å². The average molecular weight is 295 g/mol. The number of ether oxygens (including phenoxy) is 1. The maximum absolute atomic E-state index is 12.1. The van der Waals surface area contributed by atoms with Crippen LogP contribution in [-0.4, -0.2) is 44.9 Å². The third-order valence-electron chi connectivity index (χ3n) is 2.97.